The Bertz CT molecular complexity index is 907. The van der Waals surface area contributed by atoms with Crippen LogP contribution in [0.4, 0.5) is 0 Å². The SMILES string of the molecule is CCOC(=O)c1ccc(Cn2cc(C=O)c3cccc(CC)c32)cc1. The van der Waals surface area contributed by atoms with Gasteiger partial charge in [-0.05, 0) is 36.6 Å². The van der Waals surface area contributed by atoms with E-state index in [1.807, 2.05) is 30.5 Å². The first-order valence-corrected chi connectivity index (χ1v) is 8.49. The number of para-hydroxylation sites is 1. The number of hydrogen-bond acceptors (Lipinski definition) is 3. The van der Waals surface area contributed by atoms with Crippen LogP contribution in [0.25, 0.3) is 10.9 Å². The van der Waals surface area contributed by atoms with E-state index in [0.717, 1.165) is 29.2 Å². The molecule has 0 bridgehead atoms. The Labute approximate surface area is 147 Å². The van der Waals surface area contributed by atoms with Gasteiger partial charge < -0.3 is 9.30 Å². The molecule has 1 aromatic heterocycles. The lowest BCUT2D eigenvalue weighted by atomic mass is 10.1. The number of esters is 1. The van der Waals surface area contributed by atoms with Gasteiger partial charge in [-0.25, -0.2) is 4.79 Å². The molecule has 0 atom stereocenters. The molecule has 0 aliphatic rings. The van der Waals surface area contributed by atoms with Gasteiger partial charge in [-0.1, -0.05) is 37.3 Å². The van der Waals surface area contributed by atoms with Crippen LogP contribution in [0.2, 0.25) is 0 Å². The van der Waals surface area contributed by atoms with Crippen molar-refractivity contribution in [1.82, 2.24) is 4.57 Å². The zero-order valence-corrected chi connectivity index (χ0v) is 14.5. The molecule has 1 heterocycles. The van der Waals surface area contributed by atoms with E-state index < -0.39 is 0 Å². The van der Waals surface area contributed by atoms with Gasteiger partial charge in [-0.3, -0.25) is 4.79 Å². The van der Waals surface area contributed by atoms with E-state index >= 15 is 0 Å². The van der Waals surface area contributed by atoms with Crippen LogP contribution in [0.15, 0.2) is 48.7 Å². The highest BCUT2D eigenvalue weighted by atomic mass is 16.5. The molecule has 3 rings (SSSR count). The number of rotatable bonds is 6. The average Bonchev–Trinajstić information content (AvgIpc) is 3.00. The Hall–Kier alpha value is -2.88. The Morgan fingerprint density at radius 3 is 2.52 bits per heavy atom. The summed E-state index contributed by atoms with van der Waals surface area (Å²) in [7, 11) is 0. The van der Waals surface area contributed by atoms with Crippen LogP contribution in [0.3, 0.4) is 0 Å². The van der Waals surface area contributed by atoms with Crippen molar-refractivity contribution >= 4 is 23.2 Å². The summed E-state index contributed by atoms with van der Waals surface area (Å²) >= 11 is 0. The predicted octanol–water partition coefficient (Wildman–Crippen LogP) is 4.24. The molecule has 3 aromatic rings. The minimum atomic E-state index is -0.308. The second kappa shape index (κ2) is 7.34. The van der Waals surface area contributed by atoms with Crippen molar-refractivity contribution in [2.75, 3.05) is 6.61 Å². The van der Waals surface area contributed by atoms with Gasteiger partial charge in [-0.2, -0.15) is 0 Å². The largest absolute Gasteiger partial charge is 0.462 e. The fourth-order valence-corrected chi connectivity index (χ4v) is 3.13. The number of carbonyl (C=O) groups excluding carboxylic acids is 2. The molecule has 0 spiro atoms. The maximum atomic E-state index is 11.7. The molecule has 4 nitrogen and oxygen atoms in total. The van der Waals surface area contributed by atoms with Crippen LogP contribution in [-0.2, 0) is 17.7 Å². The second-order valence-electron chi connectivity index (χ2n) is 5.91. The van der Waals surface area contributed by atoms with E-state index in [1.54, 1.807) is 19.1 Å². The molecule has 2 aromatic carbocycles. The summed E-state index contributed by atoms with van der Waals surface area (Å²) in [6.07, 6.45) is 3.71. The van der Waals surface area contributed by atoms with E-state index in [2.05, 4.69) is 17.6 Å². The highest BCUT2D eigenvalue weighted by Gasteiger charge is 2.12. The van der Waals surface area contributed by atoms with Crippen LogP contribution in [0, 0.1) is 0 Å². The molecular weight excluding hydrogens is 314 g/mol. The van der Waals surface area contributed by atoms with E-state index in [0.29, 0.717) is 24.3 Å². The lowest BCUT2D eigenvalue weighted by Crippen LogP contribution is -2.05. The molecule has 0 fully saturated rings. The average molecular weight is 335 g/mol. The number of aldehydes is 1. The van der Waals surface area contributed by atoms with Crippen molar-refractivity contribution in [2.24, 2.45) is 0 Å². The molecule has 25 heavy (non-hydrogen) atoms. The van der Waals surface area contributed by atoms with Gasteiger partial charge in [0.25, 0.3) is 0 Å². The van der Waals surface area contributed by atoms with Crippen molar-refractivity contribution in [3.8, 4) is 0 Å². The summed E-state index contributed by atoms with van der Waals surface area (Å²) in [5.41, 5.74) is 4.63. The fourth-order valence-electron chi connectivity index (χ4n) is 3.13. The highest BCUT2D eigenvalue weighted by molar-refractivity contribution is 5.99. The lowest BCUT2D eigenvalue weighted by molar-refractivity contribution is 0.0526. The van der Waals surface area contributed by atoms with Gasteiger partial charge in [0.2, 0.25) is 0 Å². The summed E-state index contributed by atoms with van der Waals surface area (Å²) in [6, 6.07) is 13.5. The summed E-state index contributed by atoms with van der Waals surface area (Å²) in [5.74, 6) is -0.308. The number of carbonyl (C=O) groups is 2. The molecule has 0 radical (unpaired) electrons. The van der Waals surface area contributed by atoms with Crippen LogP contribution < -0.4 is 0 Å². The number of nitrogens with zero attached hydrogens (tertiary/aromatic N) is 1. The van der Waals surface area contributed by atoms with Crippen LogP contribution in [0.1, 0.15) is 45.7 Å². The van der Waals surface area contributed by atoms with Gasteiger partial charge in [-0.15, -0.1) is 0 Å². The highest BCUT2D eigenvalue weighted by Crippen LogP contribution is 2.25. The van der Waals surface area contributed by atoms with Gasteiger partial charge in [0.05, 0.1) is 17.7 Å². The molecule has 128 valence electrons. The molecule has 0 saturated carbocycles. The van der Waals surface area contributed by atoms with E-state index in [9.17, 15) is 9.59 Å². The Kier molecular flexibility index (Phi) is 4.98. The zero-order chi connectivity index (χ0) is 17.8. The third-order valence-corrected chi connectivity index (χ3v) is 4.34. The molecule has 0 N–H and O–H groups in total. The minimum Gasteiger partial charge on any atom is -0.462 e. The molecule has 0 amide bonds. The third-order valence-electron chi connectivity index (χ3n) is 4.34. The number of aryl methyl sites for hydroxylation is 1. The number of fused-ring (bicyclic) bond motifs is 1. The van der Waals surface area contributed by atoms with Gasteiger partial charge in [0, 0.05) is 23.7 Å². The Morgan fingerprint density at radius 2 is 1.88 bits per heavy atom. The van der Waals surface area contributed by atoms with Crippen molar-refractivity contribution in [2.45, 2.75) is 26.8 Å². The summed E-state index contributed by atoms with van der Waals surface area (Å²) in [6.45, 7) is 4.91. The standard InChI is InChI=1S/C21H21NO3/c1-3-16-6-5-7-19-18(14-23)13-22(20(16)19)12-15-8-10-17(11-9-15)21(24)25-4-2/h5-11,13-14H,3-4,12H2,1-2H3. The van der Waals surface area contributed by atoms with Crippen molar-refractivity contribution in [3.05, 3.63) is 70.9 Å². The topological polar surface area (TPSA) is 48.3 Å². The molecule has 0 saturated heterocycles. The monoisotopic (exact) mass is 335 g/mol. The number of hydrogen-bond donors (Lipinski definition) is 0. The molecule has 4 heteroatoms. The molecule has 0 aliphatic heterocycles. The van der Waals surface area contributed by atoms with E-state index in [1.165, 1.54) is 5.56 Å². The van der Waals surface area contributed by atoms with E-state index in [-0.39, 0.29) is 5.97 Å². The summed E-state index contributed by atoms with van der Waals surface area (Å²) in [5, 5.41) is 0.984. The third kappa shape index (κ3) is 3.33. The Morgan fingerprint density at radius 1 is 1.12 bits per heavy atom. The van der Waals surface area contributed by atoms with Crippen molar-refractivity contribution in [1.29, 1.82) is 0 Å². The maximum Gasteiger partial charge on any atom is 0.338 e. The summed E-state index contributed by atoms with van der Waals surface area (Å²) < 4.78 is 7.12. The van der Waals surface area contributed by atoms with Crippen molar-refractivity contribution < 1.29 is 14.3 Å². The number of benzene rings is 2. The van der Waals surface area contributed by atoms with Crippen LogP contribution in [0.5, 0.6) is 0 Å². The molecular formula is C21H21NO3. The molecule has 0 unspecified atom stereocenters. The first-order valence-electron chi connectivity index (χ1n) is 8.49. The van der Waals surface area contributed by atoms with E-state index in [4.69, 9.17) is 4.74 Å². The first-order chi connectivity index (χ1) is 12.2. The van der Waals surface area contributed by atoms with Gasteiger partial charge in [0.1, 0.15) is 0 Å². The number of aromatic nitrogens is 1. The quantitative estimate of drug-likeness (QED) is 0.500. The Balaban J connectivity index is 1.95. The predicted molar refractivity (Wildman–Crippen MR) is 98.2 cm³/mol. The lowest BCUT2D eigenvalue weighted by Gasteiger charge is -2.09. The first kappa shape index (κ1) is 17.0. The summed E-state index contributed by atoms with van der Waals surface area (Å²) in [4.78, 5) is 23.2. The van der Waals surface area contributed by atoms with Crippen LogP contribution in [-0.4, -0.2) is 23.4 Å². The maximum absolute atomic E-state index is 11.7. The van der Waals surface area contributed by atoms with Gasteiger partial charge in [0.15, 0.2) is 6.29 Å². The fraction of sp³-hybridized carbons (Fsp3) is 0.238. The second-order valence-corrected chi connectivity index (χ2v) is 5.91. The smallest absolute Gasteiger partial charge is 0.338 e. The zero-order valence-electron chi connectivity index (χ0n) is 14.5. The minimum absolute atomic E-state index is 0.308. The van der Waals surface area contributed by atoms with Crippen molar-refractivity contribution in [3.63, 3.8) is 0 Å². The normalized spacial score (nSPS) is 10.8. The van der Waals surface area contributed by atoms with Crippen LogP contribution >= 0.6 is 0 Å². The van der Waals surface area contributed by atoms with Gasteiger partial charge >= 0.3 is 5.97 Å². The number of ether oxygens (including phenoxy) is 1. The molecule has 0 aliphatic carbocycles.